The predicted molar refractivity (Wildman–Crippen MR) is 135 cm³/mol. The van der Waals surface area contributed by atoms with E-state index in [-0.39, 0.29) is 5.02 Å². The zero-order valence-corrected chi connectivity index (χ0v) is 20.4. The van der Waals surface area contributed by atoms with Crippen LogP contribution in [0.3, 0.4) is 0 Å². The number of nitrogens with two attached hydrogens (primary N) is 1. The number of nitrogens with zero attached hydrogens (tertiary/aromatic N) is 6. The van der Waals surface area contributed by atoms with Crippen molar-refractivity contribution in [3.63, 3.8) is 0 Å². The Bertz CT molecular complexity index is 1360. The third-order valence-electron chi connectivity index (χ3n) is 6.16. The molecular formula is C24H24Cl2FN7. The van der Waals surface area contributed by atoms with Crippen molar-refractivity contribution < 1.29 is 4.39 Å². The van der Waals surface area contributed by atoms with Gasteiger partial charge in [0.15, 0.2) is 5.65 Å². The number of benzene rings is 2. The topological polar surface area (TPSA) is 76.1 Å². The van der Waals surface area contributed by atoms with Crippen LogP contribution in [-0.4, -0.2) is 56.9 Å². The fourth-order valence-corrected chi connectivity index (χ4v) is 4.64. The van der Waals surface area contributed by atoms with Gasteiger partial charge in [0.2, 0.25) is 5.95 Å². The molecular weight excluding hydrogens is 476 g/mol. The number of para-hydroxylation sites is 1. The Morgan fingerprint density at radius 1 is 0.971 bits per heavy atom. The number of piperazine rings is 1. The lowest BCUT2D eigenvalue weighted by Crippen LogP contribution is -2.49. The molecule has 5 rings (SSSR count). The molecule has 0 saturated carbocycles. The fraction of sp³-hybridized carbons (Fsp3) is 0.292. The summed E-state index contributed by atoms with van der Waals surface area (Å²) in [5, 5.41) is 5.76. The van der Waals surface area contributed by atoms with Gasteiger partial charge in [0.05, 0.1) is 26.8 Å². The summed E-state index contributed by atoms with van der Waals surface area (Å²) < 4.78 is 15.5. The smallest absolute Gasteiger partial charge is 0.228 e. The van der Waals surface area contributed by atoms with Gasteiger partial charge < -0.3 is 10.6 Å². The second-order valence-electron chi connectivity index (χ2n) is 8.56. The van der Waals surface area contributed by atoms with E-state index >= 15 is 0 Å². The number of nitrogen functional groups attached to an aromatic ring is 1. The number of aromatic nitrogens is 4. The second kappa shape index (κ2) is 9.02. The minimum atomic E-state index is -0.500. The molecule has 0 atom stereocenters. The van der Waals surface area contributed by atoms with Crippen LogP contribution in [0.25, 0.3) is 28.0 Å². The summed E-state index contributed by atoms with van der Waals surface area (Å²) >= 11 is 12.5. The molecule has 176 valence electrons. The fourth-order valence-electron chi connectivity index (χ4n) is 4.24. The van der Waals surface area contributed by atoms with Gasteiger partial charge in [0, 0.05) is 37.8 Å². The van der Waals surface area contributed by atoms with Gasteiger partial charge in [0.1, 0.15) is 11.6 Å². The molecule has 0 aliphatic carbocycles. The van der Waals surface area contributed by atoms with E-state index in [1.807, 2.05) is 18.2 Å². The number of halogens is 3. The molecule has 0 unspecified atom stereocenters. The van der Waals surface area contributed by atoms with E-state index in [1.54, 1.807) is 22.9 Å². The van der Waals surface area contributed by atoms with Crippen LogP contribution in [-0.2, 0) is 0 Å². The second-order valence-corrected chi connectivity index (χ2v) is 9.38. The molecule has 1 aliphatic rings. The molecule has 1 aliphatic heterocycles. The van der Waals surface area contributed by atoms with Crippen LogP contribution in [0.4, 0.5) is 16.2 Å². The van der Waals surface area contributed by atoms with Crippen LogP contribution in [0.2, 0.25) is 10.0 Å². The van der Waals surface area contributed by atoms with Crippen LogP contribution in [0.5, 0.6) is 0 Å². The molecule has 0 bridgehead atoms. The molecule has 10 heteroatoms. The average molecular weight is 500 g/mol. The van der Waals surface area contributed by atoms with E-state index in [9.17, 15) is 4.39 Å². The molecule has 0 amide bonds. The Kier molecular flexibility index (Phi) is 6.06. The molecule has 4 aromatic rings. The van der Waals surface area contributed by atoms with Gasteiger partial charge in [0.25, 0.3) is 0 Å². The standard InChI is InChI=1S/C24H24Cl2FN7/c1-14(2)32-9-11-33(12-10-32)24-29-21(15-7-8-18(27)17(26)13-15)20-22(28)34(31-23(20)30-24)19-6-4-3-5-16(19)25/h3-8,13-14H,9-12,28H2,1-2H3. The molecule has 0 spiro atoms. The predicted octanol–water partition coefficient (Wildman–Crippen LogP) is 5.04. The van der Waals surface area contributed by atoms with E-state index in [2.05, 4.69) is 28.7 Å². The van der Waals surface area contributed by atoms with Crippen molar-refractivity contribution in [2.45, 2.75) is 19.9 Å². The van der Waals surface area contributed by atoms with Gasteiger partial charge >= 0.3 is 0 Å². The minimum absolute atomic E-state index is 0.00780. The zero-order chi connectivity index (χ0) is 24.0. The highest BCUT2D eigenvalue weighted by atomic mass is 35.5. The normalized spacial score (nSPS) is 14.9. The Morgan fingerprint density at radius 3 is 2.38 bits per heavy atom. The highest BCUT2D eigenvalue weighted by Crippen LogP contribution is 2.36. The van der Waals surface area contributed by atoms with E-state index in [1.165, 1.54) is 6.07 Å². The van der Waals surface area contributed by atoms with Crippen molar-refractivity contribution >= 4 is 46.0 Å². The molecule has 2 aromatic carbocycles. The summed E-state index contributed by atoms with van der Waals surface area (Å²) in [5.41, 5.74) is 8.81. The minimum Gasteiger partial charge on any atom is -0.383 e. The van der Waals surface area contributed by atoms with E-state index in [0.29, 0.717) is 50.8 Å². The molecule has 0 radical (unpaired) electrons. The maximum absolute atomic E-state index is 13.9. The van der Waals surface area contributed by atoms with Crippen molar-refractivity contribution in [2.75, 3.05) is 36.8 Å². The lowest BCUT2D eigenvalue weighted by atomic mass is 10.1. The Morgan fingerprint density at radius 2 is 1.71 bits per heavy atom. The average Bonchev–Trinajstić information content (AvgIpc) is 3.17. The van der Waals surface area contributed by atoms with Crippen molar-refractivity contribution in [1.29, 1.82) is 0 Å². The van der Waals surface area contributed by atoms with E-state index in [0.717, 1.165) is 26.2 Å². The summed E-state index contributed by atoms with van der Waals surface area (Å²) in [7, 11) is 0. The third-order valence-corrected chi connectivity index (χ3v) is 6.77. The van der Waals surface area contributed by atoms with Gasteiger partial charge in [-0.15, -0.1) is 5.10 Å². The van der Waals surface area contributed by atoms with Crippen LogP contribution in [0, 0.1) is 5.82 Å². The maximum atomic E-state index is 13.9. The Labute approximate surface area is 206 Å². The van der Waals surface area contributed by atoms with Gasteiger partial charge in [-0.1, -0.05) is 35.3 Å². The quantitative estimate of drug-likeness (QED) is 0.423. The molecule has 1 saturated heterocycles. The van der Waals surface area contributed by atoms with Crippen LogP contribution in [0.15, 0.2) is 42.5 Å². The van der Waals surface area contributed by atoms with Crippen molar-refractivity contribution in [2.24, 2.45) is 0 Å². The SMILES string of the molecule is CC(C)N1CCN(c2nc(-c3ccc(F)c(Cl)c3)c3c(N)n(-c4ccccc4Cl)nc3n2)CC1. The lowest BCUT2D eigenvalue weighted by molar-refractivity contribution is 0.208. The molecule has 2 aromatic heterocycles. The van der Waals surface area contributed by atoms with Gasteiger partial charge in [-0.2, -0.15) is 4.98 Å². The van der Waals surface area contributed by atoms with Crippen molar-refractivity contribution in [3.8, 4) is 16.9 Å². The summed E-state index contributed by atoms with van der Waals surface area (Å²) in [6.45, 7) is 7.78. The van der Waals surface area contributed by atoms with Gasteiger partial charge in [-0.05, 0) is 44.2 Å². The Hall–Kier alpha value is -2.94. The summed E-state index contributed by atoms with van der Waals surface area (Å²) in [6, 6.07) is 12.3. The Balaban J connectivity index is 1.68. The van der Waals surface area contributed by atoms with E-state index < -0.39 is 5.82 Å². The number of hydrogen-bond acceptors (Lipinski definition) is 6. The lowest BCUT2D eigenvalue weighted by Gasteiger charge is -2.36. The van der Waals surface area contributed by atoms with Crippen LogP contribution >= 0.6 is 23.2 Å². The summed E-state index contributed by atoms with van der Waals surface area (Å²) in [6.07, 6.45) is 0. The summed E-state index contributed by atoms with van der Waals surface area (Å²) in [4.78, 5) is 14.2. The monoisotopic (exact) mass is 499 g/mol. The van der Waals surface area contributed by atoms with E-state index in [4.69, 9.17) is 38.9 Å². The highest BCUT2D eigenvalue weighted by Gasteiger charge is 2.25. The first-order chi connectivity index (χ1) is 16.3. The van der Waals surface area contributed by atoms with Gasteiger partial charge in [-0.25, -0.2) is 14.1 Å². The largest absolute Gasteiger partial charge is 0.383 e. The number of hydrogen-bond donors (Lipinski definition) is 1. The number of fused-ring (bicyclic) bond motifs is 1. The van der Waals surface area contributed by atoms with Crippen LogP contribution < -0.4 is 10.6 Å². The van der Waals surface area contributed by atoms with Gasteiger partial charge in [-0.3, -0.25) is 4.90 Å². The number of anilines is 2. The van der Waals surface area contributed by atoms with Crippen molar-refractivity contribution in [3.05, 3.63) is 58.3 Å². The maximum Gasteiger partial charge on any atom is 0.228 e. The zero-order valence-electron chi connectivity index (χ0n) is 18.8. The molecule has 1 fully saturated rings. The van der Waals surface area contributed by atoms with Crippen molar-refractivity contribution in [1.82, 2.24) is 24.6 Å². The molecule has 2 N–H and O–H groups in total. The first-order valence-electron chi connectivity index (χ1n) is 11.1. The highest BCUT2D eigenvalue weighted by molar-refractivity contribution is 6.32. The molecule has 34 heavy (non-hydrogen) atoms. The van der Waals surface area contributed by atoms with Crippen LogP contribution in [0.1, 0.15) is 13.8 Å². The third kappa shape index (κ3) is 4.06. The molecule has 7 nitrogen and oxygen atoms in total. The first-order valence-corrected chi connectivity index (χ1v) is 11.8. The first kappa shape index (κ1) is 22.8. The number of rotatable bonds is 4. The summed E-state index contributed by atoms with van der Waals surface area (Å²) in [5.74, 6) is 0.394. The molecule has 3 heterocycles.